The van der Waals surface area contributed by atoms with Gasteiger partial charge >= 0.3 is 0 Å². The summed E-state index contributed by atoms with van der Waals surface area (Å²) in [5, 5.41) is 5.68. The van der Waals surface area contributed by atoms with Gasteiger partial charge in [-0.1, -0.05) is 91.0 Å². The molecule has 2 nitrogen and oxygen atoms in total. The Kier molecular flexibility index (Phi) is 4.80. The fourth-order valence-corrected chi connectivity index (χ4v) is 3.14. The van der Waals surface area contributed by atoms with Crippen LogP contribution >= 0.6 is 0 Å². The largest absolute Gasteiger partial charge is 0.355 e. The number of benzene rings is 4. The van der Waals surface area contributed by atoms with Crippen LogP contribution in [0.2, 0.25) is 0 Å². The van der Waals surface area contributed by atoms with Crippen LogP contribution in [0, 0.1) is 0 Å². The first-order chi connectivity index (χ1) is 13.3. The monoisotopic (exact) mass is 349 g/mol. The highest BCUT2D eigenvalue weighted by atomic mass is 16.1. The van der Waals surface area contributed by atoms with Gasteiger partial charge in [-0.15, -0.1) is 0 Å². The quantitative estimate of drug-likeness (QED) is 0.344. The SMILES string of the molecule is O=C(C=C(Nc1ccccc1)c1cccc2ccccc12)c1ccccc1. The van der Waals surface area contributed by atoms with Crippen molar-refractivity contribution in [3.63, 3.8) is 0 Å². The van der Waals surface area contributed by atoms with E-state index in [1.807, 2.05) is 84.9 Å². The summed E-state index contributed by atoms with van der Waals surface area (Å²) in [7, 11) is 0. The highest BCUT2D eigenvalue weighted by molar-refractivity contribution is 6.11. The van der Waals surface area contributed by atoms with Crippen molar-refractivity contribution in [3.8, 4) is 0 Å². The molecule has 0 fully saturated rings. The summed E-state index contributed by atoms with van der Waals surface area (Å²) in [4.78, 5) is 12.8. The standard InChI is InChI=1S/C25H19NO/c27-25(20-11-3-1-4-12-20)18-24(26-21-14-5-2-6-15-21)23-17-9-13-19-10-7-8-16-22(19)23/h1-18,26H. The van der Waals surface area contributed by atoms with Crippen LogP contribution in [0.3, 0.4) is 0 Å². The summed E-state index contributed by atoms with van der Waals surface area (Å²) in [5.41, 5.74) is 3.40. The van der Waals surface area contributed by atoms with Crippen LogP contribution in [-0.4, -0.2) is 5.78 Å². The number of hydrogen-bond donors (Lipinski definition) is 1. The van der Waals surface area contributed by atoms with Crippen molar-refractivity contribution in [3.05, 3.63) is 120 Å². The van der Waals surface area contributed by atoms with E-state index in [-0.39, 0.29) is 5.78 Å². The zero-order valence-corrected chi connectivity index (χ0v) is 14.8. The molecule has 0 spiro atoms. The first-order valence-electron chi connectivity index (χ1n) is 8.92. The van der Waals surface area contributed by atoms with E-state index in [0.717, 1.165) is 27.7 Å². The molecule has 0 aliphatic carbocycles. The molecule has 4 aromatic rings. The maximum Gasteiger partial charge on any atom is 0.187 e. The molecule has 0 aliphatic rings. The van der Waals surface area contributed by atoms with E-state index in [4.69, 9.17) is 0 Å². The van der Waals surface area contributed by atoms with Gasteiger partial charge in [-0.25, -0.2) is 0 Å². The third-order valence-corrected chi connectivity index (χ3v) is 4.47. The molecule has 0 aliphatic heterocycles. The van der Waals surface area contributed by atoms with Crippen molar-refractivity contribution in [1.29, 1.82) is 0 Å². The van der Waals surface area contributed by atoms with E-state index >= 15 is 0 Å². The lowest BCUT2D eigenvalue weighted by molar-refractivity contribution is 0.104. The van der Waals surface area contributed by atoms with Crippen molar-refractivity contribution in [2.75, 3.05) is 5.32 Å². The Morgan fingerprint density at radius 2 is 1.30 bits per heavy atom. The third kappa shape index (κ3) is 3.80. The molecule has 0 heterocycles. The van der Waals surface area contributed by atoms with Crippen molar-refractivity contribution >= 4 is 27.9 Å². The fraction of sp³-hybridized carbons (Fsp3) is 0. The van der Waals surface area contributed by atoms with Crippen LogP contribution < -0.4 is 5.32 Å². The fourth-order valence-electron chi connectivity index (χ4n) is 3.14. The molecular weight excluding hydrogens is 330 g/mol. The number of carbonyl (C=O) groups is 1. The Morgan fingerprint density at radius 3 is 2.07 bits per heavy atom. The van der Waals surface area contributed by atoms with Crippen molar-refractivity contribution in [1.82, 2.24) is 0 Å². The van der Waals surface area contributed by atoms with E-state index in [9.17, 15) is 4.79 Å². The number of ketones is 1. The van der Waals surface area contributed by atoms with Gasteiger partial charge in [0.15, 0.2) is 5.78 Å². The minimum absolute atomic E-state index is 0.0260. The molecule has 0 atom stereocenters. The summed E-state index contributed by atoms with van der Waals surface area (Å²) in [5.74, 6) is -0.0260. The van der Waals surface area contributed by atoms with Crippen LogP contribution in [0.15, 0.2) is 109 Å². The average Bonchev–Trinajstić information content (AvgIpc) is 2.74. The van der Waals surface area contributed by atoms with Crippen molar-refractivity contribution in [2.24, 2.45) is 0 Å². The molecule has 0 aromatic heterocycles. The molecule has 0 saturated heterocycles. The van der Waals surface area contributed by atoms with Crippen molar-refractivity contribution in [2.45, 2.75) is 0 Å². The van der Waals surface area contributed by atoms with E-state index in [1.165, 1.54) is 0 Å². The molecule has 2 heteroatoms. The molecule has 1 N–H and O–H groups in total. The molecule has 4 rings (SSSR count). The number of allylic oxidation sites excluding steroid dienone is 1. The number of para-hydroxylation sites is 1. The second kappa shape index (κ2) is 7.71. The zero-order chi connectivity index (χ0) is 18.5. The molecule has 0 amide bonds. The van der Waals surface area contributed by atoms with Gasteiger partial charge in [-0.2, -0.15) is 0 Å². The first kappa shape index (κ1) is 16.8. The highest BCUT2D eigenvalue weighted by Crippen LogP contribution is 2.27. The van der Waals surface area contributed by atoms with Gasteiger partial charge in [-0.3, -0.25) is 4.79 Å². The van der Waals surface area contributed by atoms with Gasteiger partial charge in [0.2, 0.25) is 0 Å². The predicted octanol–water partition coefficient (Wildman–Crippen LogP) is 6.18. The zero-order valence-electron chi connectivity index (χ0n) is 14.8. The summed E-state index contributed by atoms with van der Waals surface area (Å²) >= 11 is 0. The molecule has 0 saturated carbocycles. The minimum Gasteiger partial charge on any atom is -0.355 e. The average molecular weight is 349 g/mol. The van der Waals surface area contributed by atoms with Gasteiger partial charge in [0.05, 0.1) is 5.70 Å². The molecule has 130 valence electrons. The number of nitrogens with one attached hydrogen (secondary N) is 1. The van der Waals surface area contributed by atoms with Crippen molar-refractivity contribution < 1.29 is 4.79 Å². The van der Waals surface area contributed by atoms with Crippen LogP contribution in [0.5, 0.6) is 0 Å². The Morgan fingerprint density at radius 1 is 0.667 bits per heavy atom. The van der Waals surface area contributed by atoms with E-state index in [1.54, 1.807) is 6.08 Å². The maximum absolute atomic E-state index is 12.8. The number of anilines is 1. The minimum atomic E-state index is -0.0260. The Labute approximate surface area is 158 Å². The van der Waals surface area contributed by atoms with E-state index in [2.05, 4.69) is 23.5 Å². The first-order valence-corrected chi connectivity index (χ1v) is 8.92. The lowest BCUT2D eigenvalue weighted by Crippen LogP contribution is -2.04. The van der Waals surface area contributed by atoms with Gasteiger partial charge < -0.3 is 5.32 Å². The third-order valence-electron chi connectivity index (χ3n) is 4.47. The Bertz CT molecular complexity index is 1090. The van der Waals surface area contributed by atoms with Gasteiger partial charge in [0.1, 0.15) is 0 Å². The van der Waals surface area contributed by atoms with Crippen LogP contribution in [0.4, 0.5) is 5.69 Å². The predicted molar refractivity (Wildman–Crippen MR) is 113 cm³/mol. The Hall–Kier alpha value is -3.65. The molecular formula is C25H19NO. The molecule has 4 aromatic carbocycles. The van der Waals surface area contributed by atoms with Gasteiger partial charge in [0, 0.05) is 22.9 Å². The summed E-state index contributed by atoms with van der Waals surface area (Å²) in [6.45, 7) is 0. The van der Waals surface area contributed by atoms with Crippen LogP contribution in [0.25, 0.3) is 16.5 Å². The Balaban J connectivity index is 1.83. The molecule has 27 heavy (non-hydrogen) atoms. The lowest BCUT2D eigenvalue weighted by atomic mass is 10.00. The van der Waals surface area contributed by atoms with Crippen LogP contribution in [0.1, 0.15) is 15.9 Å². The lowest BCUT2D eigenvalue weighted by Gasteiger charge is -2.14. The van der Waals surface area contributed by atoms with Gasteiger partial charge in [-0.05, 0) is 22.9 Å². The normalized spacial score (nSPS) is 11.3. The van der Waals surface area contributed by atoms with E-state index in [0.29, 0.717) is 5.56 Å². The molecule has 0 bridgehead atoms. The summed E-state index contributed by atoms with van der Waals surface area (Å²) in [6.07, 6.45) is 1.68. The molecule has 0 unspecified atom stereocenters. The molecule has 0 radical (unpaired) electrons. The second-order valence-corrected chi connectivity index (χ2v) is 6.31. The maximum atomic E-state index is 12.8. The number of rotatable bonds is 5. The highest BCUT2D eigenvalue weighted by Gasteiger charge is 2.10. The number of fused-ring (bicyclic) bond motifs is 1. The van der Waals surface area contributed by atoms with Gasteiger partial charge in [0.25, 0.3) is 0 Å². The second-order valence-electron chi connectivity index (χ2n) is 6.31. The number of carbonyl (C=O) groups excluding carboxylic acids is 1. The summed E-state index contributed by atoms with van der Waals surface area (Å²) < 4.78 is 0. The summed E-state index contributed by atoms with van der Waals surface area (Å²) in [6, 6.07) is 33.6. The van der Waals surface area contributed by atoms with E-state index < -0.39 is 0 Å². The number of hydrogen-bond acceptors (Lipinski definition) is 2. The topological polar surface area (TPSA) is 29.1 Å². The smallest absolute Gasteiger partial charge is 0.187 e. The van der Waals surface area contributed by atoms with Crippen LogP contribution in [-0.2, 0) is 0 Å².